The summed E-state index contributed by atoms with van der Waals surface area (Å²) in [6, 6.07) is -0.319. The maximum atomic E-state index is 8.36. The van der Waals surface area contributed by atoms with Crippen LogP contribution in [0.15, 0.2) is 0 Å². The van der Waals surface area contributed by atoms with Gasteiger partial charge in [-0.2, -0.15) is 24.2 Å². The van der Waals surface area contributed by atoms with Crippen molar-refractivity contribution >= 4 is 28.3 Å². The van der Waals surface area contributed by atoms with Gasteiger partial charge in [0.25, 0.3) is 10.2 Å². The molecule has 2 fully saturated rings. The van der Waals surface area contributed by atoms with Crippen molar-refractivity contribution in [1.29, 1.82) is 0 Å². The van der Waals surface area contributed by atoms with Crippen LogP contribution >= 0.6 is 28.3 Å². The maximum absolute atomic E-state index is 8.36. The van der Waals surface area contributed by atoms with Crippen molar-refractivity contribution in [2.24, 2.45) is 0 Å². The molecule has 0 amide bonds. The first-order valence-electron chi connectivity index (χ1n) is 7.94. The number of halogens is 3. The molecule has 0 spiro atoms. The fourth-order valence-electron chi connectivity index (χ4n) is 2.26. The average Bonchev–Trinajstić information content (AvgIpc) is 2.62. The molecule has 12 nitrogen and oxygen atoms in total. The minimum absolute atomic E-state index is 0. The molecule has 0 bridgehead atoms. The van der Waals surface area contributed by atoms with E-state index in [1.54, 1.807) is 18.8 Å². The predicted molar refractivity (Wildman–Crippen MR) is 111 cm³/mol. The minimum Gasteiger partial charge on any atom is -0.676 e. The summed E-state index contributed by atoms with van der Waals surface area (Å²) in [5, 5.41) is 27.3. The number of nitrogens with one attached hydrogen (secondary N) is 4. The molecular weight excluding hydrogens is 941 g/mol. The van der Waals surface area contributed by atoms with Gasteiger partial charge in [-0.3, -0.25) is 0 Å². The number of nitrogens with zero attached hydrogens (tertiary/aromatic N) is 2. The molecule has 0 aromatic rings. The van der Waals surface area contributed by atoms with Crippen LogP contribution < -0.4 is 0 Å². The monoisotopic (exact) mass is 968 g/mol. The molecule has 6 N–H and O–H groups in total. The Balaban J connectivity index is -0.0000000640. The normalized spacial score (nSPS) is 23.0. The van der Waals surface area contributed by atoms with Crippen molar-refractivity contribution in [3.63, 3.8) is 0 Å². The SMILES string of the molecule is C.O=[N+]([O-])O.O=[N+]([O-])O.[Ag].[Cl][Pt+2][Cl].[Cl][Pt].[NH-]C1CCCCC1[NH-].[NH-]C1CCCCC1[NH-]. The summed E-state index contributed by atoms with van der Waals surface area (Å²) in [7, 11) is 14.4. The predicted octanol–water partition coefficient (Wildman–Crippen LogP) is 6.81. The van der Waals surface area contributed by atoms with Crippen LogP contribution in [0.2, 0.25) is 0 Å². The summed E-state index contributed by atoms with van der Waals surface area (Å²) in [6.45, 7) is 0. The van der Waals surface area contributed by atoms with E-state index in [9.17, 15) is 0 Å². The summed E-state index contributed by atoms with van der Waals surface area (Å²) in [5.74, 6) is 0. The van der Waals surface area contributed by atoms with Crippen LogP contribution in [-0.2, 0) is 57.6 Å². The first kappa shape index (κ1) is 45.7. The van der Waals surface area contributed by atoms with Gasteiger partial charge in [0.05, 0.1) is 0 Å². The first-order chi connectivity index (χ1) is 13.5. The fourth-order valence-corrected chi connectivity index (χ4v) is 2.26. The third-order valence-corrected chi connectivity index (χ3v) is 3.53. The van der Waals surface area contributed by atoms with Crippen LogP contribution in [0, 0.1) is 20.2 Å². The molecule has 0 heterocycles. The zero-order chi connectivity index (χ0) is 23.8. The molecule has 0 saturated heterocycles. The van der Waals surface area contributed by atoms with Gasteiger partial charge in [-0.25, -0.2) is 0 Å². The van der Waals surface area contributed by atoms with Gasteiger partial charge >= 0.3 is 63.5 Å². The number of rotatable bonds is 0. The molecule has 1 radical (unpaired) electrons. The molecule has 2 saturated carbocycles. The van der Waals surface area contributed by atoms with Crippen molar-refractivity contribution in [3.05, 3.63) is 43.2 Å². The van der Waals surface area contributed by atoms with Gasteiger partial charge in [-0.15, -0.1) is 20.2 Å². The zero-order valence-corrected chi connectivity index (χ0v) is 23.8. The van der Waals surface area contributed by atoms with Crippen molar-refractivity contribution < 1.29 is 78.2 Å². The van der Waals surface area contributed by atoms with Crippen LogP contribution in [0.1, 0.15) is 58.8 Å². The minimum atomic E-state index is -1.50. The maximum Gasteiger partial charge on any atom is -0.0548 e. The Kier molecular flexibility index (Phi) is 52.8. The molecule has 0 aromatic carbocycles. The summed E-state index contributed by atoms with van der Waals surface area (Å²) in [6.07, 6.45) is 8.49. The second kappa shape index (κ2) is 35.8. The Morgan fingerprint density at radius 2 is 0.839 bits per heavy atom. The van der Waals surface area contributed by atoms with E-state index < -0.39 is 26.7 Å². The van der Waals surface area contributed by atoms with Gasteiger partial charge in [0.1, 0.15) is 0 Å². The topological polar surface area (TPSA) is 222 Å². The van der Waals surface area contributed by atoms with Crippen LogP contribution in [-0.4, -0.2) is 44.8 Å². The van der Waals surface area contributed by atoms with E-state index in [-0.39, 0.29) is 54.0 Å². The van der Waals surface area contributed by atoms with Gasteiger partial charge in [0.2, 0.25) is 0 Å². The third-order valence-electron chi connectivity index (χ3n) is 3.53. The summed E-state index contributed by atoms with van der Waals surface area (Å²) in [5.41, 5.74) is 29.2. The van der Waals surface area contributed by atoms with Gasteiger partial charge in [0, 0.05) is 22.4 Å². The van der Waals surface area contributed by atoms with E-state index in [0.717, 1.165) is 25.7 Å². The Labute approximate surface area is 230 Å². The van der Waals surface area contributed by atoms with E-state index in [2.05, 4.69) is 9.42 Å². The second-order valence-electron chi connectivity index (χ2n) is 5.52. The molecule has 2 aliphatic carbocycles. The molecule has 0 aromatic heterocycles. The van der Waals surface area contributed by atoms with Crippen LogP contribution in [0.3, 0.4) is 0 Å². The van der Waals surface area contributed by atoms with Crippen molar-refractivity contribution in [3.8, 4) is 0 Å². The Morgan fingerprint density at radius 3 is 0.903 bits per heavy atom. The van der Waals surface area contributed by atoms with Gasteiger partial charge in [0.15, 0.2) is 0 Å². The first-order valence-corrected chi connectivity index (χ1v) is 16.4. The molecular formula is C13H30AgCl3N6O6Pt2-2. The van der Waals surface area contributed by atoms with Crippen LogP contribution in [0.4, 0.5) is 0 Å². The van der Waals surface area contributed by atoms with Crippen molar-refractivity contribution in [2.45, 2.75) is 83.0 Å². The van der Waals surface area contributed by atoms with Gasteiger partial charge in [-0.1, -0.05) is 58.8 Å². The van der Waals surface area contributed by atoms with Crippen molar-refractivity contribution in [2.75, 3.05) is 0 Å². The van der Waals surface area contributed by atoms with Gasteiger partial charge < -0.3 is 33.3 Å². The van der Waals surface area contributed by atoms with Crippen LogP contribution in [0.5, 0.6) is 0 Å². The molecule has 18 heteroatoms. The Hall–Kier alpha value is 1.23. The Morgan fingerprint density at radius 1 is 0.742 bits per heavy atom. The molecule has 4 atom stereocenters. The largest absolute Gasteiger partial charge is 0.676 e. The van der Waals surface area contributed by atoms with E-state index in [1.807, 2.05) is 0 Å². The second-order valence-corrected chi connectivity index (χ2v) is 8.80. The summed E-state index contributed by atoms with van der Waals surface area (Å²) in [4.78, 5) is 16.7. The molecule has 4 unspecified atom stereocenters. The van der Waals surface area contributed by atoms with Crippen molar-refractivity contribution in [1.82, 2.24) is 0 Å². The standard InChI is InChI=1S/2C6H12N2.CH4.Ag.3ClH.2HNO3.2Pt/c2*7-5-3-1-2-4-6(5)8;;;;;;2*2-1(3)4;;/h2*5-8H,1-4H2;1H4;;3*1H;2*(H,2,3,4);;/q2*-2;;;;;;;;+1;+4/p-3. The Bertz CT molecular complexity index is 333. The fraction of sp³-hybridized carbons (Fsp3) is 1.00. The molecule has 31 heavy (non-hydrogen) atoms. The smallest absolute Gasteiger partial charge is 0.0548 e. The van der Waals surface area contributed by atoms with E-state index >= 15 is 0 Å². The molecule has 2 rings (SSSR count). The quantitative estimate of drug-likeness (QED) is 0.151. The van der Waals surface area contributed by atoms with E-state index in [1.165, 1.54) is 25.7 Å². The average molecular weight is 971 g/mol. The summed E-state index contributed by atoms with van der Waals surface area (Å²) < 4.78 is 0. The van der Waals surface area contributed by atoms with Crippen LogP contribution in [0.25, 0.3) is 22.9 Å². The molecule has 202 valence electrons. The molecule has 0 aliphatic heterocycles. The summed E-state index contributed by atoms with van der Waals surface area (Å²) >= 11 is 1.14. The number of hydrogen-bond acceptors (Lipinski definition) is 4. The zero-order valence-electron chi connectivity index (χ0n) is 15.5. The molecule has 2 aliphatic rings. The van der Waals surface area contributed by atoms with E-state index in [0.29, 0.717) is 0 Å². The third kappa shape index (κ3) is 49.4. The van der Waals surface area contributed by atoms with E-state index in [4.69, 9.17) is 72.4 Å². The number of hydrogen-bond donors (Lipinski definition) is 2. The van der Waals surface area contributed by atoms with Gasteiger partial charge in [-0.05, 0) is 0 Å².